The molecule has 1 atom stereocenters. The van der Waals surface area contributed by atoms with Gasteiger partial charge in [0.25, 0.3) is 0 Å². The summed E-state index contributed by atoms with van der Waals surface area (Å²) < 4.78 is 7.29. The third kappa shape index (κ3) is 3.78. The van der Waals surface area contributed by atoms with E-state index in [2.05, 4.69) is 34.1 Å². The zero-order valence-electron chi connectivity index (χ0n) is 16.9. The van der Waals surface area contributed by atoms with Gasteiger partial charge in [0.15, 0.2) is 0 Å². The Kier molecular flexibility index (Phi) is 5.40. The maximum Gasteiger partial charge on any atom is 0.230 e. The van der Waals surface area contributed by atoms with Crippen LogP contribution in [0.5, 0.6) is 5.75 Å². The van der Waals surface area contributed by atoms with Gasteiger partial charge in [0.1, 0.15) is 5.75 Å². The minimum Gasteiger partial charge on any atom is -0.497 e. The summed E-state index contributed by atoms with van der Waals surface area (Å²) in [6, 6.07) is 8.04. The fourth-order valence-electron chi connectivity index (χ4n) is 4.69. The minimum atomic E-state index is -0.210. The number of carbonyl (C=O) groups excluding carboxylic acids is 1. The summed E-state index contributed by atoms with van der Waals surface area (Å²) >= 11 is 0. The molecule has 4 rings (SSSR count). The van der Waals surface area contributed by atoms with Crippen molar-refractivity contribution in [2.75, 3.05) is 26.7 Å². The van der Waals surface area contributed by atoms with E-state index in [9.17, 15) is 4.79 Å². The molecule has 2 aliphatic rings. The highest BCUT2D eigenvalue weighted by molar-refractivity contribution is 5.84. The van der Waals surface area contributed by atoms with Gasteiger partial charge in [0, 0.05) is 44.5 Å². The second kappa shape index (κ2) is 7.95. The average molecular weight is 383 g/mol. The lowest BCUT2D eigenvalue weighted by Gasteiger charge is -2.39. The Hall–Kier alpha value is -2.34. The van der Waals surface area contributed by atoms with Gasteiger partial charge in [0.05, 0.1) is 18.7 Å². The van der Waals surface area contributed by atoms with Crippen LogP contribution in [0.4, 0.5) is 0 Å². The molecule has 6 nitrogen and oxygen atoms in total. The van der Waals surface area contributed by atoms with E-state index in [1.165, 1.54) is 5.56 Å². The number of piperidine rings is 1. The molecule has 2 aromatic rings. The Morgan fingerprint density at radius 1 is 1.18 bits per heavy atom. The molecule has 2 saturated heterocycles. The van der Waals surface area contributed by atoms with Crippen molar-refractivity contribution in [1.82, 2.24) is 19.6 Å². The van der Waals surface area contributed by atoms with E-state index in [1.54, 1.807) is 7.11 Å². The van der Waals surface area contributed by atoms with E-state index in [1.807, 2.05) is 29.1 Å². The van der Waals surface area contributed by atoms with Crippen LogP contribution in [0.25, 0.3) is 0 Å². The van der Waals surface area contributed by atoms with Gasteiger partial charge >= 0.3 is 0 Å². The lowest BCUT2D eigenvalue weighted by Crippen LogP contribution is -2.49. The number of carbonyl (C=O) groups is 1. The van der Waals surface area contributed by atoms with Gasteiger partial charge in [-0.25, -0.2) is 0 Å². The molecular weight excluding hydrogens is 352 g/mol. The average Bonchev–Trinajstić information content (AvgIpc) is 3.34. The maximum absolute atomic E-state index is 13.4. The van der Waals surface area contributed by atoms with Gasteiger partial charge in [-0.05, 0) is 50.4 Å². The van der Waals surface area contributed by atoms with Gasteiger partial charge in [-0.1, -0.05) is 12.1 Å². The topological polar surface area (TPSA) is 50.6 Å². The molecule has 28 heavy (non-hydrogen) atoms. The molecule has 6 heteroatoms. The number of ether oxygens (including phenoxy) is 1. The number of hydrogen-bond donors (Lipinski definition) is 0. The SMILES string of the molecule is CCn1cc(CN2CCC3(CCCN(Cc4cccc(OC)c4)C3=O)C2)cn1. The Morgan fingerprint density at radius 3 is 2.86 bits per heavy atom. The second-order valence-electron chi connectivity index (χ2n) is 8.13. The van der Waals surface area contributed by atoms with Crippen molar-refractivity contribution in [3.05, 3.63) is 47.8 Å². The number of hydrogen-bond acceptors (Lipinski definition) is 4. The van der Waals surface area contributed by atoms with Gasteiger partial charge in [-0.2, -0.15) is 5.10 Å². The fraction of sp³-hybridized carbons (Fsp3) is 0.545. The van der Waals surface area contributed by atoms with Crippen LogP contribution in [-0.2, 0) is 24.4 Å². The molecule has 0 bridgehead atoms. The number of aromatic nitrogens is 2. The predicted molar refractivity (Wildman–Crippen MR) is 108 cm³/mol. The first-order valence-corrected chi connectivity index (χ1v) is 10.3. The Labute approximate surface area is 167 Å². The van der Waals surface area contributed by atoms with Crippen molar-refractivity contribution in [3.63, 3.8) is 0 Å². The van der Waals surface area contributed by atoms with Crippen molar-refractivity contribution in [2.24, 2.45) is 5.41 Å². The first-order valence-electron chi connectivity index (χ1n) is 10.3. The number of likely N-dealkylation sites (tertiary alicyclic amines) is 2. The van der Waals surface area contributed by atoms with Crippen LogP contribution in [0.2, 0.25) is 0 Å². The van der Waals surface area contributed by atoms with Crippen LogP contribution in [-0.4, -0.2) is 52.2 Å². The number of amides is 1. The number of methoxy groups -OCH3 is 1. The lowest BCUT2D eigenvalue weighted by atomic mass is 9.78. The summed E-state index contributed by atoms with van der Waals surface area (Å²) in [5.74, 6) is 1.17. The highest BCUT2D eigenvalue weighted by Crippen LogP contribution is 2.41. The van der Waals surface area contributed by atoms with Crippen LogP contribution in [0, 0.1) is 5.41 Å². The molecule has 1 aromatic heterocycles. The van der Waals surface area contributed by atoms with Crippen molar-refractivity contribution < 1.29 is 9.53 Å². The Bertz CT molecular complexity index is 833. The monoisotopic (exact) mass is 382 g/mol. The van der Waals surface area contributed by atoms with E-state index >= 15 is 0 Å². The molecule has 0 saturated carbocycles. The first-order chi connectivity index (χ1) is 13.6. The number of benzene rings is 1. The van der Waals surface area contributed by atoms with Crippen LogP contribution < -0.4 is 4.74 Å². The highest BCUT2D eigenvalue weighted by Gasteiger charge is 2.48. The molecule has 3 heterocycles. The highest BCUT2D eigenvalue weighted by atomic mass is 16.5. The molecule has 0 N–H and O–H groups in total. The smallest absolute Gasteiger partial charge is 0.230 e. The quantitative estimate of drug-likeness (QED) is 0.771. The van der Waals surface area contributed by atoms with Gasteiger partial charge in [-0.3, -0.25) is 14.4 Å². The van der Waals surface area contributed by atoms with Gasteiger partial charge in [-0.15, -0.1) is 0 Å². The first kappa shape index (κ1) is 19.0. The molecule has 1 unspecified atom stereocenters. The summed E-state index contributed by atoms with van der Waals surface area (Å²) in [4.78, 5) is 17.9. The normalized spacial score (nSPS) is 22.9. The molecule has 150 valence electrons. The summed E-state index contributed by atoms with van der Waals surface area (Å²) in [5, 5.41) is 4.37. The largest absolute Gasteiger partial charge is 0.497 e. The van der Waals surface area contributed by atoms with E-state index in [4.69, 9.17) is 4.74 Å². The Morgan fingerprint density at radius 2 is 2.07 bits per heavy atom. The third-order valence-electron chi connectivity index (χ3n) is 6.18. The van der Waals surface area contributed by atoms with Gasteiger partial charge < -0.3 is 9.64 Å². The lowest BCUT2D eigenvalue weighted by molar-refractivity contribution is -0.146. The molecular formula is C22H30N4O2. The van der Waals surface area contributed by atoms with Crippen molar-refractivity contribution in [2.45, 2.75) is 45.8 Å². The molecule has 0 aliphatic carbocycles. The van der Waals surface area contributed by atoms with Crippen molar-refractivity contribution in [1.29, 1.82) is 0 Å². The maximum atomic E-state index is 13.4. The predicted octanol–water partition coefficient (Wildman–Crippen LogP) is 2.93. The molecule has 0 radical (unpaired) electrons. The summed E-state index contributed by atoms with van der Waals surface area (Å²) in [5.41, 5.74) is 2.15. The summed E-state index contributed by atoms with van der Waals surface area (Å²) in [6.45, 7) is 7.22. The van der Waals surface area contributed by atoms with Crippen molar-refractivity contribution >= 4 is 5.91 Å². The van der Waals surface area contributed by atoms with Crippen LogP contribution in [0.1, 0.15) is 37.3 Å². The zero-order valence-corrected chi connectivity index (χ0v) is 16.9. The molecule has 1 amide bonds. The van der Waals surface area contributed by atoms with Crippen LogP contribution >= 0.6 is 0 Å². The van der Waals surface area contributed by atoms with E-state index in [0.717, 1.165) is 63.3 Å². The summed E-state index contributed by atoms with van der Waals surface area (Å²) in [7, 11) is 1.68. The number of nitrogens with zero attached hydrogens (tertiary/aromatic N) is 4. The van der Waals surface area contributed by atoms with Crippen LogP contribution in [0.15, 0.2) is 36.7 Å². The fourth-order valence-corrected chi connectivity index (χ4v) is 4.69. The standard InChI is InChI=1S/C22H30N4O2/c1-3-26-16-19(13-23-26)14-24-11-9-22(17-24)8-5-10-25(21(22)27)15-18-6-4-7-20(12-18)28-2/h4,6-7,12-13,16H,3,5,8-11,14-15,17H2,1-2H3. The van der Waals surface area contributed by atoms with Crippen LogP contribution in [0.3, 0.4) is 0 Å². The zero-order chi connectivity index (χ0) is 19.6. The second-order valence-corrected chi connectivity index (χ2v) is 8.13. The van der Waals surface area contributed by atoms with Gasteiger partial charge in [0.2, 0.25) is 5.91 Å². The van der Waals surface area contributed by atoms with Crippen molar-refractivity contribution in [3.8, 4) is 5.75 Å². The number of rotatable bonds is 6. The van der Waals surface area contributed by atoms with E-state index in [-0.39, 0.29) is 5.41 Å². The van der Waals surface area contributed by atoms with E-state index in [0.29, 0.717) is 12.5 Å². The minimum absolute atomic E-state index is 0.210. The third-order valence-corrected chi connectivity index (χ3v) is 6.18. The molecule has 2 fully saturated rings. The summed E-state index contributed by atoms with van der Waals surface area (Å²) in [6.07, 6.45) is 7.11. The molecule has 2 aliphatic heterocycles. The number of aryl methyl sites for hydroxylation is 1. The molecule has 1 aromatic carbocycles. The Balaban J connectivity index is 1.42. The molecule has 1 spiro atoms. The van der Waals surface area contributed by atoms with E-state index < -0.39 is 0 Å².